The minimum Gasteiger partial charge on any atom is -0.494 e. The van der Waals surface area contributed by atoms with Crippen LogP contribution < -0.4 is 9.47 Å². The van der Waals surface area contributed by atoms with Crippen LogP contribution in [-0.4, -0.2) is 202 Å². The molecule has 0 bridgehead atoms. The number of carbonyl (C=O) groups excluding carboxylic acids is 3. The SMILES string of the molecule is C.C.C.CCCCOc1ccc(-c2ccccc2)cc1.CN(CCOC(=O)Cl)OS(C)=O.CN(CCOC(=O)OCC[N+](CCO)(CCCOc1ccc(-c2ccccc2)cc1)CCOC(=O)OCCN(C)OS(C)=O)OS(C)=O.[B]. The van der Waals surface area contributed by atoms with Crippen LogP contribution in [0.3, 0.4) is 0 Å². The lowest BCUT2D eigenvalue weighted by atomic mass is 10.1. The largest absolute Gasteiger partial charge is 0.508 e. The molecule has 4 aromatic carbocycles. The van der Waals surface area contributed by atoms with Gasteiger partial charge in [0.25, 0.3) is 0 Å². The number of aliphatic hydroxyl groups excluding tert-OH is 1. The van der Waals surface area contributed by atoms with Gasteiger partial charge in [0.2, 0.25) is 0 Å². The summed E-state index contributed by atoms with van der Waals surface area (Å²) in [7, 11) is 4.69. The van der Waals surface area contributed by atoms with E-state index in [2.05, 4.69) is 48.1 Å². The van der Waals surface area contributed by atoms with Crippen LogP contribution >= 0.6 is 11.6 Å². The minimum absolute atomic E-state index is 0. The Morgan fingerprint density at radius 2 is 0.815 bits per heavy atom. The van der Waals surface area contributed by atoms with Gasteiger partial charge in [-0.1, -0.05) is 121 Å². The number of hydrogen-bond donors (Lipinski definition) is 1. The van der Waals surface area contributed by atoms with Gasteiger partial charge in [0, 0.05) is 66.3 Å². The quantitative estimate of drug-likeness (QED) is 0.00875. The zero-order valence-corrected chi connectivity index (χ0v) is 48.8. The molecule has 3 radical (unpaired) electrons. The molecule has 4 rings (SSSR count). The van der Waals surface area contributed by atoms with Crippen LogP contribution in [0.5, 0.6) is 11.5 Å². The van der Waals surface area contributed by atoms with Gasteiger partial charge in [0.05, 0.1) is 46.0 Å². The highest BCUT2D eigenvalue weighted by molar-refractivity contribution is 7.79. The Hall–Kier alpha value is -5.03. The molecular weight excluding hydrogens is 1130 g/mol. The number of carbonyl (C=O) groups is 3. The van der Waals surface area contributed by atoms with Gasteiger partial charge < -0.3 is 42.7 Å². The molecule has 81 heavy (non-hydrogen) atoms. The second kappa shape index (κ2) is 48.5. The summed E-state index contributed by atoms with van der Waals surface area (Å²) in [6, 6.07) is 36.5. The van der Waals surface area contributed by atoms with Crippen molar-refractivity contribution in [1.29, 1.82) is 0 Å². The highest BCUT2D eigenvalue weighted by Gasteiger charge is 2.28. The third-order valence-corrected chi connectivity index (χ3v) is 12.0. The van der Waals surface area contributed by atoms with E-state index in [4.69, 9.17) is 52.9 Å². The Morgan fingerprint density at radius 1 is 0.481 bits per heavy atom. The average Bonchev–Trinajstić information content (AvgIpc) is 3.38. The van der Waals surface area contributed by atoms with Gasteiger partial charge in [0.15, 0.2) is 33.2 Å². The minimum atomic E-state index is -1.50. The van der Waals surface area contributed by atoms with Crippen LogP contribution in [-0.2, 0) is 69.8 Å². The second-order valence-electron chi connectivity index (χ2n) is 16.6. The van der Waals surface area contributed by atoms with Crippen molar-refractivity contribution in [2.75, 3.05) is 139 Å². The lowest BCUT2D eigenvalue weighted by Gasteiger charge is -2.38. The summed E-state index contributed by atoms with van der Waals surface area (Å²) in [6.07, 6.45) is 5.25. The van der Waals surface area contributed by atoms with Crippen LogP contribution in [0.1, 0.15) is 48.5 Å². The number of ether oxygens (including phenoxy) is 7. The number of unbranched alkanes of at least 4 members (excludes halogenated alkanes) is 1. The van der Waals surface area contributed by atoms with Crippen molar-refractivity contribution in [2.24, 2.45) is 0 Å². The number of hydroxylamine groups is 6. The maximum atomic E-state index is 12.2. The van der Waals surface area contributed by atoms with Gasteiger partial charge in [-0.15, -0.1) is 0 Å². The molecule has 457 valence electrons. The molecule has 0 aliphatic heterocycles. The number of quaternary nitrogens is 1. The average molecular weight is 1220 g/mol. The van der Waals surface area contributed by atoms with Crippen molar-refractivity contribution in [2.45, 2.75) is 48.5 Å². The molecule has 0 aliphatic carbocycles. The molecule has 0 saturated carbocycles. The number of aliphatic hydroxyl groups is 1. The van der Waals surface area contributed by atoms with Gasteiger partial charge in [-0.25, -0.2) is 27.0 Å². The summed E-state index contributed by atoms with van der Waals surface area (Å²) in [5.74, 6) is 1.67. The number of benzene rings is 4. The highest BCUT2D eigenvalue weighted by Crippen LogP contribution is 2.24. The van der Waals surface area contributed by atoms with E-state index >= 15 is 0 Å². The van der Waals surface area contributed by atoms with Gasteiger partial charge in [0.1, 0.15) is 64.2 Å². The zero-order chi connectivity index (χ0) is 56.7. The topological polar surface area (TPSA) is 225 Å². The molecule has 21 nitrogen and oxygen atoms in total. The molecule has 0 heterocycles. The van der Waals surface area contributed by atoms with E-state index in [9.17, 15) is 32.1 Å². The molecule has 0 aromatic heterocycles. The molecule has 3 unspecified atom stereocenters. The highest BCUT2D eigenvalue weighted by atomic mass is 35.5. The number of hydrogen-bond acceptors (Lipinski definition) is 20. The number of likely N-dealkylation sites (N-methyl/N-ethyl adjacent to an activating group) is 3. The number of halogens is 1. The van der Waals surface area contributed by atoms with Gasteiger partial charge in [-0.2, -0.15) is 28.0 Å². The molecule has 4 aromatic rings. The monoisotopic (exact) mass is 1220 g/mol. The normalized spacial score (nSPS) is 12.2. The maximum Gasteiger partial charge on any atom is 0.508 e. The van der Waals surface area contributed by atoms with Crippen LogP contribution in [0.25, 0.3) is 22.3 Å². The van der Waals surface area contributed by atoms with Crippen molar-refractivity contribution >= 4 is 71.0 Å². The van der Waals surface area contributed by atoms with E-state index < -0.39 is 51.0 Å². The Kier molecular flexibility index (Phi) is 48.0. The van der Waals surface area contributed by atoms with E-state index in [1.165, 1.54) is 51.5 Å². The van der Waals surface area contributed by atoms with E-state index in [0.29, 0.717) is 45.8 Å². The van der Waals surface area contributed by atoms with E-state index in [1.54, 1.807) is 21.1 Å². The summed E-state index contributed by atoms with van der Waals surface area (Å²) in [6.45, 7) is 5.28. The van der Waals surface area contributed by atoms with E-state index in [1.807, 2.05) is 72.8 Å². The first kappa shape index (κ1) is 80.2. The fraction of sp³-hybridized carbons (Fsp3) is 0.509. The Balaban J connectivity index is -0.00000150. The molecular formula is C55H88BClN4O17S3+. The molecule has 3 atom stereocenters. The standard InChI is InChI=1S/C31H48N3O12S2.C16H18O.C5H10ClNO4S.3CH4.B/c1-32(45-47(3)38)15-23-41-30(36)43-25-19-34(18-21-35,20-26-44-31(37)42-24-16-33(2)46-48(4)39)17-8-22-40-29-13-11-28(12-14-29)27-9-6-5-7-10-27;1-2-3-13-17-16-11-9-15(10-12-16)14-7-5-4-6-8-14;1-7(11-12(2)9)3-4-10-5(6)8;;;;/h5-7,9-14,35H,8,15-26H2,1-4H3;4-12H,2-3,13H2,1H3;3-4H2,1-2H3;3*1H4;/q+1;;;;;;. The predicted octanol–water partition coefficient (Wildman–Crippen LogP) is 9.13. The first-order valence-electron chi connectivity index (χ1n) is 24.6. The van der Waals surface area contributed by atoms with Gasteiger partial charge >= 0.3 is 17.7 Å². The van der Waals surface area contributed by atoms with Crippen LogP contribution in [0, 0.1) is 0 Å². The zero-order valence-electron chi connectivity index (χ0n) is 45.6. The fourth-order valence-corrected chi connectivity index (χ4v) is 8.08. The van der Waals surface area contributed by atoms with E-state index in [0.717, 1.165) is 35.7 Å². The molecule has 0 saturated heterocycles. The molecule has 26 heteroatoms. The first-order chi connectivity index (χ1) is 36.9. The van der Waals surface area contributed by atoms with Crippen molar-refractivity contribution in [3.8, 4) is 33.8 Å². The Morgan fingerprint density at radius 3 is 1.15 bits per heavy atom. The van der Waals surface area contributed by atoms with E-state index in [-0.39, 0.29) is 87.9 Å². The van der Waals surface area contributed by atoms with Crippen molar-refractivity contribution in [3.05, 3.63) is 109 Å². The lowest BCUT2D eigenvalue weighted by Crippen LogP contribution is -2.54. The molecule has 1 N–H and O–H groups in total. The summed E-state index contributed by atoms with van der Waals surface area (Å²) in [5.41, 5.74) is 3.80. The number of rotatable bonds is 34. The molecule has 0 fully saturated rings. The summed E-state index contributed by atoms with van der Waals surface area (Å²) in [5, 5.41) is 13.8. The van der Waals surface area contributed by atoms with Crippen LogP contribution in [0.2, 0.25) is 0 Å². The third-order valence-electron chi connectivity index (χ3n) is 10.5. The van der Waals surface area contributed by atoms with Crippen LogP contribution in [0.4, 0.5) is 14.4 Å². The van der Waals surface area contributed by atoms with Gasteiger partial charge in [-0.05, 0) is 52.9 Å². The van der Waals surface area contributed by atoms with Crippen molar-refractivity contribution in [1.82, 2.24) is 15.2 Å². The van der Waals surface area contributed by atoms with Crippen LogP contribution in [0.15, 0.2) is 109 Å². The first-order valence-corrected chi connectivity index (χ1v) is 29.4. The lowest BCUT2D eigenvalue weighted by molar-refractivity contribution is -0.928. The molecule has 0 spiro atoms. The maximum absolute atomic E-state index is 12.2. The predicted molar refractivity (Wildman–Crippen MR) is 322 cm³/mol. The smallest absolute Gasteiger partial charge is 0.494 e. The van der Waals surface area contributed by atoms with Gasteiger partial charge in [-0.3, -0.25) is 0 Å². The van der Waals surface area contributed by atoms with Crippen molar-refractivity contribution < 1.29 is 82.6 Å². The third kappa shape index (κ3) is 39.9. The Bertz CT molecular complexity index is 2260. The summed E-state index contributed by atoms with van der Waals surface area (Å²) < 4.78 is 84.3. The molecule has 0 amide bonds. The van der Waals surface area contributed by atoms with Crippen molar-refractivity contribution in [3.63, 3.8) is 0 Å². The number of nitrogens with zero attached hydrogens (tertiary/aromatic N) is 4. The summed E-state index contributed by atoms with van der Waals surface area (Å²) >= 11 is 0.538. The second-order valence-corrected chi connectivity index (χ2v) is 19.8. The molecule has 0 aliphatic rings. The summed E-state index contributed by atoms with van der Waals surface area (Å²) in [4.78, 5) is 34.4. The Labute approximate surface area is 496 Å². The fourth-order valence-electron chi connectivity index (χ4n) is 6.70.